The second kappa shape index (κ2) is 7.98. The summed E-state index contributed by atoms with van der Waals surface area (Å²) < 4.78 is 17.9. The minimum Gasteiger partial charge on any atom is -0.493 e. The SMILES string of the molecule is COc1cc(-c2nc3n(n2)[C@@H](c2cccnc2)C(C(N)=O)=C(C)N3)cc(OC)c1OC. The van der Waals surface area contributed by atoms with Gasteiger partial charge >= 0.3 is 0 Å². The number of hydrogen-bond donors (Lipinski definition) is 2. The first kappa shape index (κ1) is 20.2. The lowest BCUT2D eigenvalue weighted by molar-refractivity contribution is -0.115. The van der Waals surface area contributed by atoms with Gasteiger partial charge < -0.3 is 25.3 Å². The molecule has 1 aliphatic rings. The number of nitrogens with zero attached hydrogens (tertiary/aromatic N) is 4. The molecule has 0 saturated carbocycles. The summed E-state index contributed by atoms with van der Waals surface area (Å²) in [6.45, 7) is 1.78. The van der Waals surface area contributed by atoms with E-state index < -0.39 is 11.9 Å². The zero-order valence-corrected chi connectivity index (χ0v) is 17.5. The van der Waals surface area contributed by atoms with Crippen molar-refractivity contribution in [1.29, 1.82) is 0 Å². The van der Waals surface area contributed by atoms with Gasteiger partial charge in [-0.15, -0.1) is 5.10 Å². The summed E-state index contributed by atoms with van der Waals surface area (Å²) >= 11 is 0. The van der Waals surface area contributed by atoms with Gasteiger partial charge in [0.2, 0.25) is 17.6 Å². The van der Waals surface area contributed by atoms with E-state index in [1.807, 2.05) is 6.07 Å². The van der Waals surface area contributed by atoms with Crippen molar-refractivity contribution in [2.75, 3.05) is 26.6 Å². The average Bonchev–Trinajstić information content (AvgIpc) is 3.20. The molecule has 4 rings (SSSR count). The number of nitrogens with one attached hydrogen (secondary N) is 1. The minimum absolute atomic E-state index is 0.391. The number of allylic oxidation sites excluding steroid dienone is 1. The molecule has 160 valence electrons. The largest absolute Gasteiger partial charge is 0.493 e. The maximum Gasteiger partial charge on any atom is 0.248 e. The molecular formula is C21H22N6O4. The second-order valence-corrected chi connectivity index (χ2v) is 6.83. The molecule has 2 aromatic heterocycles. The van der Waals surface area contributed by atoms with Crippen LogP contribution < -0.4 is 25.3 Å². The first-order chi connectivity index (χ1) is 15.0. The smallest absolute Gasteiger partial charge is 0.248 e. The third-order valence-electron chi connectivity index (χ3n) is 5.04. The number of fused-ring (bicyclic) bond motifs is 1. The van der Waals surface area contributed by atoms with E-state index in [1.54, 1.807) is 56.4 Å². The van der Waals surface area contributed by atoms with Crippen molar-refractivity contribution in [3.63, 3.8) is 0 Å². The first-order valence-corrected chi connectivity index (χ1v) is 9.43. The second-order valence-electron chi connectivity index (χ2n) is 6.83. The van der Waals surface area contributed by atoms with Gasteiger partial charge in [0.15, 0.2) is 17.3 Å². The number of anilines is 1. The topological polar surface area (TPSA) is 126 Å². The molecule has 1 amide bonds. The summed E-state index contributed by atoms with van der Waals surface area (Å²) in [5, 5.41) is 7.80. The van der Waals surface area contributed by atoms with Crippen LogP contribution in [0.4, 0.5) is 5.95 Å². The van der Waals surface area contributed by atoms with Crippen molar-refractivity contribution in [3.05, 3.63) is 53.5 Å². The van der Waals surface area contributed by atoms with E-state index in [4.69, 9.17) is 19.9 Å². The number of benzene rings is 1. The molecular weight excluding hydrogens is 400 g/mol. The molecule has 3 aromatic rings. The molecule has 0 fully saturated rings. The maximum atomic E-state index is 12.3. The fourth-order valence-electron chi connectivity index (χ4n) is 3.65. The third kappa shape index (κ3) is 3.41. The van der Waals surface area contributed by atoms with Gasteiger partial charge in [-0.25, -0.2) is 4.68 Å². The molecule has 1 aromatic carbocycles. The molecule has 31 heavy (non-hydrogen) atoms. The van der Waals surface area contributed by atoms with Crippen molar-refractivity contribution in [2.24, 2.45) is 5.73 Å². The number of aromatic nitrogens is 4. The van der Waals surface area contributed by atoms with Gasteiger partial charge in [-0.3, -0.25) is 9.78 Å². The molecule has 0 spiro atoms. The summed E-state index contributed by atoms with van der Waals surface area (Å²) in [6, 6.07) is 6.62. The van der Waals surface area contributed by atoms with Crippen LogP contribution in [0.15, 0.2) is 47.9 Å². The molecule has 3 heterocycles. The number of pyridine rings is 1. The van der Waals surface area contributed by atoms with Gasteiger partial charge in [0.1, 0.15) is 6.04 Å². The van der Waals surface area contributed by atoms with Crippen LogP contribution in [0.25, 0.3) is 11.4 Å². The van der Waals surface area contributed by atoms with Gasteiger partial charge in [0, 0.05) is 23.7 Å². The molecule has 0 radical (unpaired) electrons. The van der Waals surface area contributed by atoms with E-state index in [1.165, 1.54) is 7.11 Å². The number of carbonyl (C=O) groups excluding carboxylic acids is 1. The summed E-state index contributed by atoms with van der Waals surface area (Å²) in [5.41, 5.74) is 8.12. The molecule has 3 N–H and O–H groups in total. The Hall–Kier alpha value is -4.08. The number of amides is 1. The van der Waals surface area contributed by atoms with E-state index in [9.17, 15) is 4.79 Å². The molecule has 10 nitrogen and oxygen atoms in total. The van der Waals surface area contributed by atoms with Crippen molar-refractivity contribution >= 4 is 11.9 Å². The Labute approximate surface area is 178 Å². The van der Waals surface area contributed by atoms with Crippen LogP contribution in [-0.2, 0) is 4.79 Å². The summed E-state index contributed by atoms with van der Waals surface area (Å²) in [4.78, 5) is 21.1. The van der Waals surface area contributed by atoms with E-state index in [0.717, 1.165) is 5.56 Å². The van der Waals surface area contributed by atoms with Crippen LogP contribution >= 0.6 is 0 Å². The van der Waals surface area contributed by atoms with Crippen LogP contribution in [-0.4, -0.2) is 47.0 Å². The third-order valence-corrected chi connectivity index (χ3v) is 5.04. The van der Waals surface area contributed by atoms with Crippen LogP contribution in [0.1, 0.15) is 18.5 Å². The lowest BCUT2D eigenvalue weighted by Gasteiger charge is -2.27. The molecule has 0 aliphatic carbocycles. The van der Waals surface area contributed by atoms with Crippen molar-refractivity contribution in [3.8, 4) is 28.6 Å². The summed E-state index contributed by atoms with van der Waals surface area (Å²) in [5.74, 6) is 1.77. The number of ether oxygens (including phenoxy) is 3. The Kier molecular flexibility index (Phi) is 5.20. The van der Waals surface area contributed by atoms with E-state index in [-0.39, 0.29) is 0 Å². The highest BCUT2D eigenvalue weighted by molar-refractivity contribution is 5.95. The lowest BCUT2D eigenvalue weighted by atomic mass is 9.97. The van der Waals surface area contributed by atoms with E-state index in [2.05, 4.69) is 20.4 Å². The van der Waals surface area contributed by atoms with Crippen LogP contribution in [0.5, 0.6) is 17.2 Å². The zero-order chi connectivity index (χ0) is 22.1. The van der Waals surface area contributed by atoms with E-state index >= 15 is 0 Å². The summed E-state index contributed by atoms with van der Waals surface area (Å²) in [6.07, 6.45) is 3.34. The van der Waals surface area contributed by atoms with E-state index in [0.29, 0.717) is 45.9 Å². The lowest BCUT2D eigenvalue weighted by Crippen LogP contribution is -2.31. The van der Waals surface area contributed by atoms with Gasteiger partial charge in [0.05, 0.1) is 26.9 Å². The predicted octanol–water partition coefficient (Wildman–Crippen LogP) is 2.14. The number of nitrogens with two attached hydrogens (primary N) is 1. The van der Waals surface area contributed by atoms with Gasteiger partial charge in [-0.1, -0.05) is 6.07 Å². The van der Waals surface area contributed by atoms with Crippen molar-refractivity contribution in [2.45, 2.75) is 13.0 Å². The molecule has 0 unspecified atom stereocenters. The molecule has 0 saturated heterocycles. The van der Waals surface area contributed by atoms with Gasteiger partial charge in [-0.2, -0.15) is 4.98 Å². The number of rotatable bonds is 6. The van der Waals surface area contributed by atoms with Crippen molar-refractivity contribution < 1.29 is 19.0 Å². The number of primary amides is 1. The van der Waals surface area contributed by atoms with Crippen LogP contribution in [0, 0.1) is 0 Å². The van der Waals surface area contributed by atoms with Crippen LogP contribution in [0.2, 0.25) is 0 Å². The zero-order valence-electron chi connectivity index (χ0n) is 17.5. The van der Waals surface area contributed by atoms with Crippen molar-refractivity contribution in [1.82, 2.24) is 19.7 Å². The number of carbonyl (C=O) groups is 1. The highest BCUT2D eigenvalue weighted by atomic mass is 16.5. The normalized spacial score (nSPS) is 15.2. The molecule has 0 bridgehead atoms. The minimum atomic E-state index is -0.564. The van der Waals surface area contributed by atoms with Gasteiger partial charge in [-0.05, 0) is 30.7 Å². The quantitative estimate of drug-likeness (QED) is 0.619. The monoisotopic (exact) mass is 422 g/mol. The molecule has 1 atom stereocenters. The van der Waals surface area contributed by atoms with Crippen LogP contribution in [0.3, 0.4) is 0 Å². The highest BCUT2D eigenvalue weighted by Crippen LogP contribution is 2.42. The Morgan fingerprint density at radius 2 is 1.87 bits per heavy atom. The fraction of sp³-hybridized carbons (Fsp3) is 0.238. The Morgan fingerprint density at radius 1 is 1.16 bits per heavy atom. The molecule has 10 heteroatoms. The molecule has 1 aliphatic heterocycles. The highest BCUT2D eigenvalue weighted by Gasteiger charge is 2.33. The first-order valence-electron chi connectivity index (χ1n) is 9.43. The van der Waals surface area contributed by atoms with Gasteiger partial charge in [0.25, 0.3) is 0 Å². The Bertz CT molecular complexity index is 1150. The number of methoxy groups -OCH3 is 3. The number of hydrogen-bond acceptors (Lipinski definition) is 8. The predicted molar refractivity (Wildman–Crippen MR) is 113 cm³/mol. The average molecular weight is 422 g/mol. The summed E-state index contributed by atoms with van der Waals surface area (Å²) in [7, 11) is 4.62. The fourth-order valence-corrected chi connectivity index (χ4v) is 3.65. The Morgan fingerprint density at radius 3 is 2.42 bits per heavy atom. The Balaban J connectivity index is 1.88. The standard InChI is InChI=1S/C21H22N6O4/c1-11-16(19(22)28)17(12-6-5-7-23-10-12)27-21(24-11)25-20(26-27)13-8-14(29-2)18(31-4)15(9-13)30-3/h5-10,17H,1-4H3,(H2,22,28)(H,24,25,26)/t17-/m0/s1. The maximum absolute atomic E-state index is 12.3.